The van der Waals surface area contributed by atoms with Gasteiger partial charge in [0.05, 0.1) is 18.7 Å². The number of benzene rings is 2. The topological polar surface area (TPSA) is 81.0 Å². The predicted octanol–water partition coefficient (Wildman–Crippen LogP) is 5.30. The molecule has 1 aliphatic heterocycles. The van der Waals surface area contributed by atoms with Crippen LogP contribution in [0.5, 0.6) is 5.75 Å². The number of fused-ring (bicyclic) bond motifs is 1. The molecule has 4 rings (SSSR count). The molecule has 0 spiro atoms. The van der Waals surface area contributed by atoms with Crippen LogP contribution in [0.25, 0.3) is 11.0 Å². The number of hydrogen-bond donors (Lipinski definition) is 1. The standard InChI is InChI=1S/C26H28F2N2O5/c1-16-22(19-12-18(10-11-20(19)34-16)33-14-17-8-6-5-7-9-17)23(31)29-21-13-30(15-26(21,27)28)24(32)35-25(2,3)4/h5-12,21H,13-15H2,1-4H3,(H,29,31). The predicted molar refractivity (Wildman–Crippen MR) is 126 cm³/mol. The van der Waals surface area contributed by atoms with Gasteiger partial charge in [-0.1, -0.05) is 30.3 Å². The summed E-state index contributed by atoms with van der Waals surface area (Å²) in [5.41, 5.74) is 0.748. The number of furan rings is 1. The number of alkyl halides is 2. The molecule has 35 heavy (non-hydrogen) atoms. The van der Waals surface area contributed by atoms with Gasteiger partial charge in [0.1, 0.15) is 35.3 Å². The number of amides is 2. The molecule has 1 atom stereocenters. The van der Waals surface area contributed by atoms with E-state index in [-0.39, 0.29) is 12.1 Å². The van der Waals surface area contributed by atoms with Gasteiger partial charge >= 0.3 is 6.09 Å². The smallest absolute Gasteiger partial charge is 0.410 e. The zero-order chi connectivity index (χ0) is 25.4. The highest BCUT2D eigenvalue weighted by atomic mass is 19.3. The van der Waals surface area contributed by atoms with Crippen LogP contribution in [-0.4, -0.2) is 47.6 Å². The average molecular weight is 487 g/mol. The van der Waals surface area contributed by atoms with Gasteiger partial charge in [-0.15, -0.1) is 0 Å². The van der Waals surface area contributed by atoms with Crippen LogP contribution in [0.4, 0.5) is 13.6 Å². The molecule has 2 heterocycles. The minimum Gasteiger partial charge on any atom is -0.489 e. The van der Waals surface area contributed by atoms with Gasteiger partial charge in [0.25, 0.3) is 11.8 Å². The lowest BCUT2D eigenvalue weighted by atomic mass is 10.1. The first kappa shape index (κ1) is 24.5. The molecule has 186 valence electrons. The van der Waals surface area contributed by atoms with Crippen molar-refractivity contribution in [3.05, 3.63) is 65.4 Å². The molecule has 1 saturated heterocycles. The number of aryl methyl sites for hydroxylation is 1. The number of likely N-dealkylation sites (tertiary alicyclic amines) is 1. The highest BCUT2D eigenvalue weighted by Gasteiger charge is 2.51. The maximum atomic E-state index is 14.7. The van der Waals surface area contributed by atoms with E-state index in [0.717, 1.165) is 10.5 Å². The monoisotopic (exact) mass is 486 g/mol. The minimum atomic E-state index is -3.32. The molecule has 1 unspecified atom stereocenters. The average Bonchev–Trinajstić information content (AvgIpc) is 3.26. The molecule has 0 bridgehead atoms. The lowest BCUT2D eigenvalue weighted by Crippen LogP contribution is -2.46. The molecular formula is C26H28F2N2O5. The van der Waals surface area contributed by atoms with Gasteiger partial charge in [0.2, 0.25) is 0 Å². The third-order valence-electron chi connectivity index (χ3n) is 5.58. The van der Waals surface area contributed by atoms with E-state index < -0.39 is 36.1 Å². The molecular weight excluding hydrogens is 458 g/mol. The molecule has 0 aliphatic carbocycles. The summed E-state index contributed by atoms with van der Waals surface area (Å²) < 4.78 is 46.1. The Morgan fingerprint density at radius 3 is 2.57 bits per heavy atom. The zero-order valence-electron chi connectivity index (χ0n) is 20.1. The molecule has 7 nitrogen and oxygen atoms in total. The van der Waals surface area contributed by atoms with Crippen molar-refractivity contribution in [3.8, 4) is 5.75 Å². The molecule has 9 heteroatoms. The fourth-order valence-electron chi connectivity index (χ4n) is 3.94. The summed E-state index contributed by atoms with van der Waals surface area (Å²) in [6, 6.07) is 13.1. The van der Waals surface area contributed by atoms with E-state index in [9.17, 15) is 18.4 Å². The van der Waals surface area contributed by atoms with Gasteiger partial charge in [0.15, 0.2) is 0 Å². The molecule has 2 amide bonds. The van der Waals surface area contributed by atoms with E-state index in [4.69, 9.17) is 13.9 Å². The van der Waals surface area contributed by atoms with Gasteiger partial charge < -0.3 is 19.2 Å². The van der Waals surface area contributed by atoms with Crippen LogP contribution >= 0.6 is 0 Å². The number of hydrogen-bond acceptors (Lipinski definition) is 5. The highest BCUT2D eigenvalue weighted by Crippen LogP contribution is 2.32. The Labute approximate surface area is 202 Å². The molecule has 1 aromatic heterocycles. The van der Waals surface area contributed by atoms with E-state index >= 15 is 0 Å². The zero-order valence-corrected chi connectivity index (χ0v) is 20.1. The summed E-state index contributed by atoms with van der Waals surface area (Å²) in [7, 11) is 0. The number of halogens is 2. The highest BCUT2D eigenvalue weighted by molar-refractivity contribution is 6.07. The summed E-state index contributed by atoms with van der Waals surface area (Å²) in [6.07, 6.45) is -0.848. The maximum Gasteiger partial charge on any atom is 0.410 e. The van der Waals surface area contributed by atoms with Crippen LogP contribution in [0.1, 0.15) is 42.5 Å². The van der Waals surface area contributed by atoms with Crippen LogP contribution in [0.3, 0.4) is 0 Å². The van der Waals surface area contributed by atoms with Crippen molar-refractivity contribution in [3.63, 3.8) is 0 Å². The fraction of sp³-hybridized carbons (Fsp3) is 0.385. The Kier molecular flexibility index (Phi) is 6.44. The van der Waals surface area contributed by atoms with Crippen molar-refractivity contribution < 1.29 is 32.3 Å². The Morgan fingerprint density at radius 1 is 1.17 bits per heavy atom. The van der Waals surface area contributed by atoms with Crippen molar-refractivity contribution in [2.24, 2.45) is 0 Å². The first-order chi connectivity index (χ1) is 16.4. The summed E-state index contributed by atoms with van der Waals surface area (Å²) in [5, 5.41) is 2.84. The van der Waals surface area contributed by atoms with Gasteiger partial charge in [0, 0.05) is 5.39 Å². The van der Waals surface area contributed by atoms with Crippen molar-refractivity contribution in [2.75, 3.05) is 13.1 Å². The van der Waals surface area contributed by atoms with Crippen molar-refractivity contribution in [2.45, 2.75) is 51.9 Å². The summed E-state index contributed by atoms with van der Waals surface area (Å²) in [5.74, 6) is -3.22. The number of nitrogens with one attached hydrogen (secondary N) is 1. The van der Waals surface area contributed by atoms with Crippen LogP contribution in [0.15, 0.2) is 52.9 Å². The fourth-order valence-corrected chi connectivity index (χ4v) is 3.94. The van der Waals surface area contributed by atoms with E-state index in [0.29, 0.717) is 29.1 Å². The van der Waals surface area contributed by atoms with Crippen LogP contribution in [0.2, 0.25) is 0 Å². The second-order valence-corrected chi connectivity index (χ2v) is 9.61. The molecule has 1 N–H and O–H groups in total. The molecule has 0 radical (unpaired) electrons. The van der Waals surface area contributed by atoms with E-state index in [2.05, 4.69) is 5.32 Å². The van der Waals surface area contributed by atoms with Gasteiger partial charge in [-0.25, -0.2) is 13.6 Å². The third kappa shape index (κ3) is 5.55. The molecule has 3 aromatic rings. The van der Waals surface area contributed by atoms with E-state index in [1.807, 2.05) is 30.3 Å². The Balaban J connectivity index is 1.51. The van der Waals surface area contributed by atoms with Crippen LogP contribution < -0.4 is 10.1 Å². The number of nitrogens with zero attached hydrogens (tertiary/aromatic N) is 1. The summed E-state index contributed by atoms with van der Waals surface area (Å²) >= 11 is 0. The lowest BCUT2D eigenvalue weighted by Gasteiger charge is -2.24. The molecule has 1 aliphatic rings. The number of rotatable bonds is 5. The second-order valence-electron chi connectivity index (χ2n) is 9.61. The second kappa shape index (κ2) is 9.20. The first-order valence-electron chi connectivity index (χ1n) is 11.3. The Hall–Kier alpha value is -3.62. The maximum absolute atomic E-state index is 14.7. The quantitative estimate of drug-likeness (QED) is 0.529. The van der Waals surface area contributed by atoms with E-state index in [1.165, 1.54) is 0 Å². The van der Waals surface area contributed by atoms with Crippen LogP contribution in [-0.2, 0) is 11.3 Å². The van der Waals surface area contributed by atoms with Gasteiger partial charge in [-0.2, -0.15) is 0 Å². The van der Waals surface area contributed by atoms with Crippen LogP contribution in [0, 0.1) is 6.92 Å². The number of ether oxygens (including phenoxy) is 2. The van der Waals surface area contributed by atoms with Gasteiger partial charge in [-0.05, 0) is 51.5 Å². The SMILES string of the molecule is Cc1oc2ccc(OCc3ccccc3)cc2c1C(=O)NC1CN(C(=O)OC(C)(C)C)CC1(F)F. The Bertz CT molecular complexity index is 1230. The Morgan fingerprint density at radius 2 is 1.89 bits per heavy atom. The number of carbonyl (C=O) groups is 2. The first-order valence-corrected chi connectivity index (χ1v) is 11.3. The molecule has 1 fully saturated rings. The van der Waals surface area contributed by atoms with Crippen molar-refractivity contribution >= 4 is 23.0 Å². The minimum absolute atomic E-state index is 0.150. The van der Waals surface area contributed by atoms with Crippen molar-refractivity contribution in [1.82, 2.24) is 10.2 Å². The van der Waals surface area contributed by atoms with Gasteiger partial charge in [-0.3, -0.25) is 9.69 Å². The molecule has 2 aromatic carbocycles. The van der Waals surface area contributed by atoms with E-state index in [1.54, 1.807) is 45.9 Å². The van der Waals surface area contributed by atoms with Crippen molar-refractivity contribution in [1.29, 1.82) is 0 Å². The number of carbonyl (C=O) groups excluding carboxylic acids is 2. The third-order valence-corrected chi connectivity index (χ3v) is 5.58. The largest absolute Gasteiger partial charge is 0.489 e. The molecule has 0 saturated carbocycles. The summed E-state index contributed by atoms with van der Waals surface area (Å²) in [6.45, 7) is 5.69. The normalized spacial score (nSPS) is 17.4. The summed E-state index contributed by atoms with van der Waals surface area (Å²) in [4.78, 5) is 26.3. The lowest BCUT2D eigenvalue weighted by molar-refractivity contribution is -0.0153.